The highest BCUT2D eigenvalue weighted by Gasteiger charge is 2.33. The standard InChI is InChI=1S/C41H47N5O7/c1-25-21-37(47)44-35-22-26(18-19-28(25)35)43-39(49)34(17-9-10-20-42)45-40(50)36(23-38(48)53-27-11-3-2-4-12-27)46-41(51)52-24-33-31-15-7-5-13-29(31)30-14-6-8-16-32(30)33/h5-8,13-16,18-19,21-22,27,33-34,36H,2-4,9-12,17,20,23-24,42H2,1H3,(H,43,49)(H,44,47)(H,45,50)(H,46,51)/t34-,36-/m0/s1. The summed E-state index contributed by atoms with van der Waals surface area (Å²) in [6.45, 7) is 2.25. The fourth-order valence-electron chi connectivity index (χ4n) is 7.35. The molecule has 278 valence electrons. The minimum Gasteiger partial charge on any atom is -0.462 e. The van der Waals surface area contributed by atoms with Crippen molar-refractivity contribution in [1.82, 2.24) is 15.6 Å². The van der Waals surface area contributed by atoms with Crippen LogP contribution < -0.4 is 27.2 Å². The van der Waals surface area contributed by atoms with Crippen molar-refractivity contribution in [1.29, 1.82) is 0 Å². The first-order valence-corrected chi connectivity index (χ1v) is 18.5. The number of aryl methyl sites for hydroxylation is 1. The van der Waals surface area contributed by atoms with Crippen LogP contribution in [-0.4, -0.2) is 60.2 Å². The molecule has 0 saturated heterocycles. The van der Waals surface area contributed by atoms with E-state index >= 15 is 0 Å². The first-order chi connectivity index (χ1) is 25.7. The van der Waals surface area contributed by atoms with Crippen LogP contribution in [0.2, 0.25) is 0 Å². The molecule has 0 radical (unpaired) electrons. The Morgan fingerprint density at radius 1 is 0.849 bits per heavy atom. The largest absolute Gasteiger partial charge is 0.462 e. The quantitative estimate of drug-likeness (QED) is 0.0829. The Morgan fingerprint density at radius 3 is 2.25 bits per heavy atom. The molecule has 0 aliphatic heterocycles. The summed E-state index contributed by atoms with van der Waals surface area (Å²) in [5, 5.41) is 9.02. The number of carbonyl (C=O) groups excluding carboxylic acids is 4. The van der Waals surface area contributed by atoms with Gasteiger partial charge in [-0.3, -0.25) is 19.2 Å². The monoisotopic (exact) mass is 721 g/mol. The van der Waals surface area contributed by atoms with Crippen molar-refractivity contribution >= 4 is 40.5 Å². The van der Waals surface area contributed by atoms with E-state index in [0.29, 0.717) is 30.6 Å². The highest BCUT2D eigenvalue weighted by molar-refractivity contribution is 6.00. The molecule has 0 unspecified atom stereocenters. The van der Waals surface area contributed by atoms with Crippen molar-refractivity contribution in [2.75, 3.05) is 18.5 Å². The van der Waals surface area contributed by atoms with E-state index in [1.807, 2.05) is 55.5 Å². The zero-order chi connectivity index (χ0) is 37.3. The molecule has 2 atom stereocenters. The minimum atomic E-state index is -1.37. The van der Waals surface area contributed by atoms with Gasteiger partial charge in [-0.25, -0.2) is 4.79 Å². The van der Waals surface area contributed by atoms with Crippen LogP contribution in [0, 0.1) is 6.92 Å². The van der Waals surface area contributed by atoms with Gasteiger partial charge in [-0.2, -0.15) is 0 Å². The summed E-state index contributed by atoms with van der Waals surface area (Å²) in [5.41, 5.74) is 11.5. The lowest BCUT2D eigenvalue weighted by Crippen LogP contribution is -2.53. The number of nitrogens with one attached hydrogen (secondary N) is 4. The van der Waals surface area contributed by atoms with Gasteiger partial charge in [0.25, 0.3) is 0 Å². The Kier molecular flexibility index (Phi) is 12.2. The number of amides is 3. The van der Waals surface area contributed by atoms with E-state index in [-0.39, 0.29) is 30.6 Å². The van der Waals surface area contributed by atoms with Crippen LogP contribution in [0.25, 0.3) is 22.0 Å². The van der Waals surface area contributed by atoms with Crippen molar-refractivity contribution in [2.45, 2.75) is 88.8 Å². The van der Waals surface area contributed by atoms with Crippen molar-refractivity contribution < 1.29 is 28.7 Å². The molecule has 12 heteroatoms. The summed E-state index contributed by atoms with van der Waals surface area (Å²) in [7, 11) is 0. The predicted molar refractivity (Wildman–Crippen MR) is 202 cm³/mol. The summed E-state index contributed by atoms with van der Waals surface area (Å²) in [4.78, 5) is 68.9. The van der Waals surface area contributed by atoms with Gasteiger partial charge in [0.1, 0.15) is 24.8 Å². The van der Waals surface area contributed by atoms with Crippen molar-refractivity contribution in [3.05, 3.63) is 99.8 Å². The number of alkyl carbamates (subject to hydrolysis) is 1. The number of pyridine rings is 1. The number of H-pyrrole nitrogens is 1. The maximum absolute atomic E-state index is 13.9. The molecule has 6 rings (SSSR count). The molecule has 2 aliphatic carbocycles. The van der Waals surface area contributed by atoms with Crippen molar-refractivity contribution in [2.24, 2.45) is 5.73 Å². The molecule has 0 bridgehead atoms. The third-order valence-electron chi connectivity index (χ3n) is 10.1. The third kappa shape index (κ3) is 9.31. The lowest BCUT2D eigenvalue weighted by Gasteiger charge is -2.25. The molecule has 1 aromatic heterocycles. The lowest BCUT2D eigenvalue weighted by atomic mass is 9.98. The predicted octanol–water partition coefficient (Wildman–Crippen LogP) is 5.56. The molecule has 6 N–H and O–H groups in total. The van der Waals surface area contributed by atoms with Gasteiger partial charge in [0.05, 0.1) is 11.9 Å². The van der Waals surface area contributed by atoms with Crippen LogP contribution in [0.1, 0.15) is 80.4 Å². The molecule has 4 aromatic rings. The number of hydrogen-bond donors (Lipinski definition) is 5. The number of benzene rings is 3. The van der Waals surface area contributed by atoms with E-state index in [1.54, 1.807) is 18.2 Å². The van der Waals surface area contributed by atoms with Crippen LogP contribution >= 0.6 is 0 Å². The highest BCUT2D eigenvalue weighted by atomic mass is 16.6. The summed E-state index contributed by atoms with van der Waals surface area (Å²) in [6, 6.07) is 20.2. The maximum atomic E-state index is 13.9. The van der Waals surface area contributed by atoms with Crippen LogP contribution in [0.5, 0.6) is 0 Å². The van der Waals surface area contributed by atoms with E-state index in [4.69, 9.17) is 15.2 Å². The Labute approximate surface area is 308 Å². The molecule has 1 heterocycles. The number of rotatable bonds is 14. The van der Waals surface area contributed by atoms with Gasteiger partial charge in [-0.15, -0.1) is 0 Å². The third-order valence-corrected chi connectivity index (χ3v) is 10.1. The minimum absolute atomic E-state index is 0.0153. The molecule has 12 nitrogen and oxygen atoms in total. The lowest BCUT2D eigenvalue weighted by molar-refractivity contribution is -0.152. The maximum Gasteiger partial charge on any atom is 0.407 e. The number of carbonyl (C=O) groups is 4. The average Bonchev–Trinajstić information content (AvgIpc) is 3.47. The summed E-state index contributed by atoms with van der Waals surface area (Å²) in [5.74, 6) is -2.07. The normalized spacial score (nSPS) is 15.1. The zero-order valence-electron chi connectivity index (χ0n) is 30.0. The molecule has 53 heavy (non-hydrogen) atoms. The van der Waals surface area contributed by atoms with E-state index in [9.17, 15) is 24.0 Å². The summed E-state index contributed by atoms with van der Waals surface area (Å²) >= 11 is 0. The molecule has 1 fully saturated rings. The Balaban J connectivity index is 1.16. The van der Waals surface area contributed by atoms with E-state index in [2.05, 4.69) is 20.9 Å². The molecule has 2 aliphatic rings. The van der Waals surface area contributed by atoms with E-state index < -0.39 is 42.4 Å². The number of fused-ring (bicyclic) bond motifs is 4. The molecular formula is C41H47N5O7. The van der Waals surface area contributed by atoms with Gasteiger partial charge in [0.15, 0.2) is 0 Å². The molecule has 0 spiro atoms. The fourth-order valence-corrected chi connectivity index (χ4v) is 7.35. The Morgan fingerprint density at radius 2 is 1.55 bits per heavy atom. The number of anilines is 1. The molecule has 1 saturated carbocycles. The second-order valence-corrected chi connectivity index (χ2v) is 13.9. The Hall–Kier alpha value is -5.49. The van der Waals surface area contributed by atoms with Crippen molar-refractivity contribution in [3.8, 4) is 11.1 Å². The number of aromatic amines is 1. The van der Waals surface area contributed by atoms with Crippen LogP contribution in [-0.2, 0) is 23.9 Å². The number of nitrogens with two attached hydrogens (primary N) is 1. The van der Waals surface area contributed by atoms with Gasteiger partial charge >= 0.3 is 12.1 Å². The second-order valence-electron chi connectivity index (χ2n) is 13.9. The number of hydrogen-bond acceptors (Lipinski definition) is 8. The van der Waals surface area contributed by atoms with Gasteiger partial charge in [0, 0.05) is 23.1 Å². The molecule has 3 aromatic carbocycles. The van der Waals surface area contributed by atoms with Crippen LogP contribution in [0.4, 0.5) is 10.5 Å². The highest BCUT2D eigenvalue weighted by Crippen LogP contribution is 2.44. The Bertz CT molecular complexity index is 1980. The second kappa shape index (κ2) is 17.4. The number of unbranched alkanes of at least 4 members (excludes halogenated alkanes) is 1. The van der Waals surface area contributed by atoms with Gasteiger partial charge in [-0.1, -0.05) is 61.0 Å². The van der Waals surface area contributed by atoms with Gasteiger partial charge in [0.2, 0.25) is 17.4 Å². The topological polar surface area (TPSA) is 182 Å². The van der Waals surface area contributed by atoms with Crippen LogP contribution in [0.15, 0.2) is 77.6 Å². The summed E-state index contributed by atoms with van der Waals surface area (Å²) in [6.07, 6.45) is 4.31. The van der Waals surface area contributed by atoms with Gasteiger partial charge in [-0.05, 0) is 98.4 Å². The van der Waals surface area contributed by atoms with E-state index in [1.165, 1.54) is 6.07 Å². The molecular weight excluding hydrogens is 674 g/mol. The van der Waals surface area contributed by atoms with Gasteiger partial charge < -0.3 is 36.1 Å². The summed E-state index contributed by atoms with van der Waals surface area (Å²) < 4.78 is 11.4. The fraction of sp³-hybridized carbons (Fsp3) is 0.390. The smallest absolute Gasteiger partial charge is 0.407 e. The number of ether oxygens (including phenoxy) is 2. The van der Waals surface area contributed by atoms with E-state index in [0.717, 1.165) is 65.3 Å². The number of esters is 1. The molecule has 3 amide bonds. The zero-order valence-corrected chi connectivity index (χ0v) is 30.0. The van der Waals surface area contributed by atoms with Crippen molar-refractivity contribution in [3.63, 3.8) is 0 Å². The first-order valence-electron chi connectivity index (χ1n) is 18.5. The average molecular weight is 722 g/mol. The van der Waals surface area contributed by atoms with Crippen LogP contribution in [0.3, 0.4) is 0 Å². The first kappa shape index (κ1) is 37.3. The SMILES string of the molecule is Cc1cc(=O)[nH]c2cc(NC(=O)[C@H](CCCCN)NC(=O)[C@H](CC(=O)OC3CCCCC3)NC(=O)OCC3c4ccccc4-c4ccccc43)ccc12. The number of aromatic nitrogens is 1.